The number of nitrogens with one attached hydrogen (secondary N) is 2. The number of nitrogens with zero attached hydrogens (tertiary/aromatic N) is 2. The van der Waals surface area contributed by atoms with Crippen molar-refractivity contribution in [1.29, 1.82) is 0 Å². The first-order valence-corrected chi connectivity index (χ1v) is 10.1. The highest BCUT2D eigenvalue weighted by Crippen LogP contribution is 2.19. The standard InChI is InChI=1S/C19H30Cl2N4O2/c1-3-22-18(23-5-4-15-10-16(20)12-17(21)11-15)24-13-19(2,26)14-25-6-8-27-9-7-25/h10-12,26H,3-9,13-14H2,1-2H3,(H2,22,23,24). The van der Waals surface area contributed by atoms with E-state index >= 15 is 0 Å². The lowest BCUT2D eigenvalue weighted by Gasteiger charge is -2.33. The predicted octanol–water partition coefficient (Wildman–Crippen LogP) is 2.17. The number of ether oxygens (including phenoxy) is 1. The summed E-state index contributed by atoms with van der Waals surface area (Å²) < 4.78 is 5.35. The van der Waals surface area contributed by atoms with Crippen LogP contribution in [0.4, 0.5) is 0 Å². The second-order valence-corrected chi connectivity index (χ2v) is 7.91. The van der Waals surface area contributed by atoms with Gasteiger partial charge in [0.2, 0.25) is 0 Å². The van der Waals surface area contributed by atoms with E-state index in [2.05, 4.69) is 20.5 Å². The maximum absolute atomic E-state index is 10.7. The first-order chi connectivity index (χ1) is 12.9. The summed E-state index contributed by atoms with van der Waals surface area (Å²) in [5, 5.41) is 18.4. The molecule has 0 aliphatic carbocycles. The molecule has 1 unspecified atom stereocenters. The Morgan fingerprint density at radius 3 is 2.52 bits per heavy atom. The van der Waals surface area contributed by atoms with Crippen LogP contribution < -0.4 is 10.6 Å². The van der Waals surface area contributed by atoms with E-state index in [0.717, 1.165) is 44.8 Å². The molecule has 0 amide bonds. The monoisotopic (exact) mass is 416 g/mol. The minimum Gasteiger partial charge on any atom is -0.387 e. The lowest BCUT2D eigenvalue weighted by molar-refractivity contribution is -0.0179. The number of benzene rings is 1. The van der Waals surface area contributed by atoms with Crippen LogP contribution in [0.2, 0.25) is 10.0 Å². The Kier molecular flexibility index (Phi) is 9.12. The molecule has 1 atom stereocenters. The molecule has 0 saturated carbocycles. The van der Waals surface area contributed by atoms with Crippen LogP contribution in [0, 0.1) is 0 Å². The molecular formula is C19H30Cl2N4O2. The van der Waals surface area contributed by atoms with Crippen LogP contribution in [0.1, 0.15) is 19.4 Å². The largest absolute Gasteiger partial charge is 0.387 e. The Hall–Kier alpha value is -1.05. The minimum atomic E-state index is -0.889. The Morgan fingerprint density at radius 2 is 1.89 bits per heavy atom. The van der Waals surface area contributed by atoms with Gasteiger partial charge in [0, 0.05) is 42.8 Å². The molecule has 3 N–H and O–H groups in total. The molecule has 27 heavy (non-hydrogen) atoms. The zero-order valence-electron chi connectivity index (χ0n) is 16.1. The highest BCUT2D eigenvalue weighted by molar-refractivity contribution is 6.34. The van der Waals surface area contributed by atoms with Crippen LogP contribution in [-0.2, 0) is 11.2 Å². The van der Waals surface area contributed by atoms with Crippen LogP contribution >= 0.6 is 23.2 Å². The van der Waals surface area contributed by atoms with Crippen molar-refractivity contribution in [2.24, 2.45) is 4.99 Å². The maximum Gasteiger partial charge on any atom is 0.191 e. The number of halogens is 2. The zero-order chi connectivity index (χ0) is 19.7. The molecular weight excluding hydrogens is 387 g/mol. The fourth-order valence-corrected chi connectivity index (χ4v) is 3.53. The Balaban J connectivity index is 1.84. The summed E-state index contributed by atoms with van der Waals surface area (Å²) >= 11 is 12.1. The highest BCUT2D eigenvalue weighted by Gasteiger charge is 2.25. The first-order valence-electron chi connectivity index (χ1n) is 9.37. The van der Waals surface area contributed by atoms with Gasteiger partial charge >= 0.3 is 0 Å². The van der Waals surface area contributed by atoms with Gasteiger partial charge in [-0.05, 0) is 44.0 Å². The van der Waals surface area contributed by atoms with Gasteiger partial charge in [0.1, 0.15) is 0 Å². The van der Waals surface area contributed by atoms with Crippen molar-refractivity contribution in [3.05, 3.63) is 33.8 Å². The van der Waals surface area contributed by atoms with E-state index < -0.39 is 5.60 Å². The van der Waals surface area contributed by atoms with Gasteiger partial charge in [-0.25, -0.2) is 0 Å². The number of aliphatic imine (C=N–C) groups is 1. The van der Waals surface area contributed by atoms with E-state index in [1.807, 2.05) is 26.0 Å². The SMILES string of the molecule is CCNC(=NCC(C)(O)CN1CCOCC1)NCCc1cc(Cl)cc(Cl)c1. The molecule has 1 aliphatic rings. The van der Waals surface area contributed by atoms with Crippen LogP contribution in [-0.4, -0.2) is 74.0 Å². The van der Waals surface area contributed by atoms with Gasteiger partial charge in [0.25, 0.3) is 0 Å². The summed E-state index contributed by atoms with van der Waals surface area (Å²) in [5.41, 5.74) is 0.176. The molecule has 1 fully saturated rings. The molecule has 1 heterocycles. The lowest BCUT2D eigenvalue weighted by atomic mass is 10.1. The number of guanidine groups is 1. The number of rotatable bonds is 8. The van der Waals surface area contributed by atoms with Crippen molar-refractivity contribution in [3.63, 3.8) is 0 Å². The van der Waals surface area contributed by atoms with Crippen LogP contribution in [0.15, 0.2) is 23.2 Å². The molecule has 8 heteroatoms. The van der Waals surface area contributed by atoms with E-state index in [1.165, 1.54) is 0 Å². The van der Waals surface area contributed by atoms with Gasteiger partial charge in [-0.15, -0.1) is 0 Å². The van der Waals surface area contributed by atoms with Gasteiger partial charge in [-0.2, -0.15) is 0 Å². The Morgan fingerprint density at radius 1 is 1.22 bits per heavy atom. The smallest absolute Gasteiger partial charge is 0.191 e. The normalized spacial score (nSPS) is 18.2. The van der Waals surface area contributed by atoms with Crippen LogP contribution in [0.5, 0.6) is 0 Å². The third kappa shape index (κ3) is 8.66. The average Bonchev–Trinajstić information content (AvgIpc) is 2.59. The molecule has 1 aromatic rings. The van der Waals surface area contributed by atoms with Gasteiger partial charge in [-0.1, -0.05) is 23.2 Å². The summed E-state index contributed by atoms with van der Waals surface area (Å²) in [6.07, 6.45) is 0.773. The van der Waals surface area contributed by atoms with E-state index in [-0.39, 0.29) is 0 Å². The molecule has 152 valence electrons. The van der Waals surface area contributed by atoms with Crippen LogP contribution in [0.25, 0.3) is 0 Å². The van der Waals surface area contributed by atoms with Gasteiger partial charge in [0.05, 0.1) is 25.4 Å². The molecule has 1 aromatic carbocycles. The van der Waals surface area contributed by atoms with Crippen molar-refractivity contribution in [3.8, 4) is 0 Å². The van der Waals surface area contributed by atoms with Gasteiger partial charge in [0.15, 0.2) is 5.96 Å². The van der Waals surface area contributed by atoms with Crippen molar-refractivity contribution in [1.82, 2.24) is 15.5 Å². The summed E-state index contributed by atoms with van der Waals surface area (Å²) in [6.45, 7) is 9.32. The lowest BCUT2D eigenvalue weighted by Crippen LogP contribution is -2.48. The number of hydrogen-bond donors (Lipinski definition) is 3. The number of hydrogen-bond acceptors (Lipinski definition) is 4. The molecule has 1 saturated heterocycles. The molecule has 0 aromatic heterocycles. The summed E-state index contributed by atoms with van der Waals surface area (Å²) in [7, 11) is 0. The van der Waals surface area contributed by atoms with E-state index in [9.17, 15) is 5.11 Å². The van der Waals surface area contributed by atoms with E-state index in [0.29, 0.717) is 35.6 Å². The first kappa shape index (κ1) is 22.2. The fraction of sp³-hybridized carbons (Fsp3) is 0.632. The Labute approximate surface area is 171 Å². The van der Waals surface area contributed by atoms with Crippen LogP contribution in [0.3, 0.4) is 0 Å². The molecule has 0 radical (unpaired) electrons. The van der Waals surface area contributed by atoms with Crippen molar-refractivity contribution >= 4 is 29.2 Å². The molecule has 0 spiro atoms. The number of aliphatic hydroxyl groups is 1. The van der Waals surface area contributed by atoms with E-state index in [4.69, 9.17) is 27.9 Å². The van der Waals surface area contributed by atoms with Crippen molar-refractivity contribution in [2.45, 2.75) is 25.9 Å². The minimum absolute atomic E-state index is 0.322. The van der Waals surface area contributed by atoms with E-state index in [1.54, 1.807) is 6.07 Å². The second-order valence-electron chi connectivity index (χ2n) is 7.04. The summed E-state index contributed by atoms with van der Waals surface area (Å²) in [5.74, 6) is 0.688. The quantitative estimate of drug-likeness (QED) is 0.447. The third-order valence-electron chi connectivity index (χ3n) is 4.22. The van der Waals surface area contributed by atoms with Gasteiger partial charge < -0.3 is 20.5 Å². The maximum atomic E-state index is 10.7. The molecule has 1 aliphatic heterocycles. The highest BCUT2D eigenvalue weighted by atomic mass is 35.5. The third-order valence-corrected chi connectivity index (χ3v) is 4.65. The predicted molar refractivity (Wildman–Crippen MR) is 112 cm³/mol. The molecule has 0 bridgehead atoms. The Bertz CT molecular complexity index is 599. The number of morpholine rings is 1. The fourth-order valence-electron chi connectivity index (χ4n) is 2.96. The molecule has 6 nitrogen and oxygen atoms in total. The molecule has 2 rings (SSSR count). The zero-order valence-corrected chi connectivity index (χ0v) is 17.6. The topological polar surface area (TPSA) is 69.1 Å². The summed E-state index contributed by atoms with van der Waals surface area (Å²) in [6, 6.07) is 5.54. The van der Waals surface area contributed by atoms with Crippen molar-refractivity contribution < 1.29 is 9.84 Å². The second kappa shape index (κ2) is 11.1. The van der Waals surface area contributed by atoms with Crippen molar-refractivity contribution in [2.75, 3.05) is 52.5 Å². The average molecular weight is 417 g/mol. The summed E-state index contributed by atoms with van der Waals surface area (Å²) in [4.78, 5) is 6.76. The van der Waals surface area contributed by atoms with Gasteiger partial charge in [-0.3, -0.25) is 9.89 Å². The number of β-amino-alcohol motifs (C(OH)–C–C–N with tert-alkyl or cyclic N) is 1.